The van der Waals surface area contributed by atoms with Gasteiger partial charge >= 0.3 is 0 Å². The third-order valence-electron chi connectivity index (χ3n) is 2.65. The number of nitrogens with zero attached hydrogens (tertiary/aromatic N) is 2. The molecule has 0 saturated carbocycles. The van der Waals surface area contributed by atoms with Gasteiger partial charge in [0.1, 0.15) is 11.0 Å². The van der Waals surface area contributed by atoms with Crippen molar-refractivity contribution >= 4 is 20.9 Å². The van der Waals surface area contributed by atoms with Crippen LogP contribution in [-0.2, 0) is 9.84 Å². The molecule has 1 heterocycles. The van der Waals surface area contributed by atoms with Crippen LogP contribution in [0, 0.1) is 0 Å². The minimum absolute atomic E-state index is 0.218. The van der Waals surface area contributed by atoms with E-state index >= 15 is 0 Å². The van der Waals surface area contributed by atoms with Crippen molar-refractivity contribution in [3.05, 3.63) is 48.5 Å². The van der Waals surface area contributed by atoms with E-state index in [4.69, 9.17) is 0 Å². The molecule has 3 aromatic rings. The zero-order valence-electron chi connectivity index (χ0n) is 9.24. The van der Waals surface area contributed by atoms with E-state index < -0.39 is 9.84 Å². The summed E-state index contributed by atoms with van der Waals surface area (Å²) in [5, 5.41) is 10.2. The van der Waals surface area contributed by atoms with Crippen LogP contribution in [0.4, 0.5) is 0 Å². The first kappa shape index (κ1) is 10.9. The first-order valence-corrected chi connectivity index (χ1v) is 6.77. The van der Waals surface area contributed by atoms with Gasteiger partial charge in [-0.1, -0.05) is 18.2 Å². The van der Waals surface area contributed by atoms with E-state index in [-0.39, 0.29) is 9.79 Å². The van der Waals surface area contributed by atoms with E-state index in [9.17, 15) is 8.42 Å². The second-order valence-corrected chi connectivity index (χ2v) is 5.74. The SMILES string of the molecule is O=S(=O)(c1ccccc1)c1ccc2n[nH]nc2c1. The van der Waals surface area contributed by atoms with E-state index in [1.807, 2.05) is 0 Å². The lowest BCUT2D eigenvalue weighted by Crippen LogP contribution is -2.01. The number of benzene rings is 2. The van der Waals surface area contributed by atoms with Gasteiger partial charge in [-0.25, -0.2) is 8.42 Å². The van der Waals surface area contributed by atoms with Gasteiger partial charge in [-0.3, -0.25) is 0 Å². The topological polar surface area (TPSA) is 75.7 Å². The highest BCUT2D eigenvalue weighted by Crippen LogP contribution is 2.22. The fourth-order valence-electron chi connectivity index (χ4n) is 1.72. The van der Waals surface area contributed by atoms with Crippen molar-refractivity contribution in [1.82, 2.24) is 15.4 Å². The lowest BCUT2D eigenvalue weighted by Gasteiger charge is -2.03. The summed E-state index contributed by atoms with van der Waals surface area (Å²) in [6, 6.07) is 13.0. The van der Waals surface area contributed by atoms with Gasteiger partial charge in [-0.05, 0) is 30.3 Å². The largest absolute Gasteiger partial charge is 0.219 e. The van der Waals surface area contributed by atoms with Gasteiger partial charge in [-0.15, -0.1) is 0 Å². The highest BCUT2D eigenvalue weighted by Gasteiger charge is 2.17. The van der Waals surface area contributed by atoms with Crippen molar-refractivity contribution in [3.63, 3.8) is 0 Å². The molecule has 0 spiro atoms. The maximum absolute atomic E-state index is 12.3. The normalized spacial score (nSPS) is 11.8. The monoisotopic (exact) mass is 259 g/mol. The molecule has 0 atom stereocenters. The molecule has 0 fully saturated rings. The number of rotatable bonds is 2. The highest BCUT2D eigenvalue weighted by molar-refractivity contribution is 7.91. The van der Waals surface area contributed by atoms with Crippen molar-refractivity contribution < 1.29 is 8.42 Å². The van der Waals surface area contributed by atoms with Crippen LogP contribution >= 0.6 is 0 Å². The number of aromatic nitrogens is 3. The van der Waals surface area contributed by atoms with Crippen molar-refractivity contribution in [2.75, 3.05) is 0 Å². The number of aromatic amines is 1. The summed E-state index contributed by atoms with van der Waals surface area (Å²) in [7, 11) is -3.49. The molecule has 0 bridgehead atoms. The number of sulfone groups is 1. The van der Waals surface area contributed by atoms with Crippen molar-refractivity contribution in [2.45, 2.75) is 9.79 Å². The van der Waals surface area contributed by atoms with Crippen LogP contribution in [0.25, 0.3) is 11.0 Å². The molecule has 1 N–H and O–H groups in total. The third-order valence-corrected chi connectivity index (χ3v) is 4.42. The molecule has 90 valence electrons. The smallest absolute Gasteiger partial charge is 0.206 e. The summed E-state index contributed by atoms with van der Waals surface area (Å²) < 4.78 is 24.7. The van der Waals surface area contributed by atoms with Gasteiger partial charge in [0.05, 0.1) is 9.79 Å². The van der Waals surface area contributed by atoms with Gasteiger partial charge in [0, 0.05) is 0 Å². The van der Waals surface area contributed by atoms with Crippen LogP contribution in [0.1, 0.15) is 0 Å². The predicted octanol–water partition coefficient (Wildman–Crippen LogP) is 1.79. The Labute approximate surface area is 103 Å². The van der Waals surface area contributed by atoms with Crippen LogP contribution < -0.4 is 0 Å². The minimum atomic E-state index is -3.49. The molecule has 6 heteroatoms. The fourth-order valence-corrected chi connectivity index (χ4v) is 3.02. The number of nitrogens with one attached hydrogen (secondary N) is 1. The minimum Gasteiger partial charge on any atom is -0.219 e. The van der Waals surface area contributed by atoms with Crippen LogP contribution in [0.2, 0.25) is 0 Å². The highest BCUT2D eigenvalue weighted by atomic mass is 32.2. The summed E-state index contributed by atoms with van der Waals surface area (Å²) in [5.41, 5.74) is 1.18. The van der Waals surface area contributed by atoms with Gasteiger partial charge < -0.3 is 0 Å². The van der Waals surface area contributed by atoms with E-state index in [1.165, 1.54) is 12.1 Å². The molecular weight excluding hydrogens is 250 g/mol. The summed E-state index contributed by atoms with van der Waals surface area (Å²) in [4.78, 5) is 0.489. The van der Waals surface area contributed by atoms with Crippen LogP contribution in [0.15, 0.2) is 58.3 Å². The van der Waals surface area contributed by atoms with Crippen LogP contribution in [0.3, 0.4) is 0 Å². The number of hydrogen-bond donors (Lipinski definition) is 1. The average molecular weight is 259 g/mol. The second-order valence-electron chi connectivity index (χ2n) is 3.79. The Bertz CT molecular complexity index is 794. The zero-order chi connectivity index (χ0) is 12.6. The van der Waals surface area contributed by atoms with Crippen molar-refractivity contribution in [1.29, 1.82) is 0 Å². The molecule has 0 aliphatic rings. The molecule has 0 unspecified atom stereocenters. The van der Waals surface area contributed by atoms with Gasteiger partial charge in [0.25, 0.3) is 0 Å². The number of hydrogen-bond acceptors (Lipinski definition) is 4. The molecule has 18 heavy (non-hydrogen) atoms. The summed E-state index contributed by atoms with van der Waals surface area (Å²) in [5.74, 6) is 0. The molecular formula is C12H9N3O2S. The summed E-state index contributed by atoms with van der Waals surface area (Å²) in [6.45, 7) is 0. The van der Waals surface area contributed by atoms with E-state index in [1.54, 1.807) is 36.4 Å². The van der Waals surface area contributed by atoms with Gasteiger partial charge in [-0.2, -0.15) is 15.4 Å². The third kappa shape index (κ3) is 1.67. The Hall–Kier alpha value is -2.21. The van der Waals surface area contributed by atoms with Crippen molar-refractivity contribution in [2.24, 2.45) is 0 Å². The molecule has 3 rings (SSSR count). The lowest BCUT2D eigenvalue weighted by atomic mass is 10.3. The second kappa shape index (κ2) is 3.92. The quantitative estimate of drug-likeness (QED) is 0.761. The maximum atomic E-state index is 12.3. The standard InChI is InChI=1S/C12H9N3O2S/c16-18(17,9-4-2-1-3-5-9)10-6-7-11-12(8-10)14-15-13-11/h1-8H,(H,13,14,15). The Morgan fingerprint density at radius 2 is 1.56 bits per heavy atom. The first-order chi connectivity index (χ1) is 8.68. The Kier molecular flexibility index (Phi) is 2.38. The van der Waals surface area contributed by atoms with Crippen molar-refractivity contribution in [3.8, 4) is 0 Å². The Morgan fingerprint density at radius 3 is 2.33 bits per heavy atom. The van der Waals surface area contributed by atoms with Gasteiger partial charge in [0.2, 0.25) is 9.84 Å². The van der Waals surface area contributed by atoms with E-state index in [0.717, 1.165) is 0 Å². The first-order valence-electron chi connectivity index (χ1n) is 5.28. The molecule has 0 aliphatic carbocycles. The fraction of sp³-hybridized carbons (Fsp3) is 0. The molecule has 0 saturated heterocycles. The molecule has 1 aromatic heterocycles. The molecule has 0 amide bonds. The summed E-state index contributed by atoms with van der Waals surface area (Å²) >= 11 is 0. The zero-order valence-corrected chi connectivity index (χ0v) is 10.1. The molecule has 0 radical (unpaired) electrons. The molecule has 2 aromatic carbocycles. The summed E-state index contributed by atoms with van der Waals surface area (Å²) in [6.07, 6.45) is 0. The number of fused-ring (bicyclic) bond motifs is 1. The van der Waals surface area contributed by atoms with Crippen LogP contribution in [0.5, 0.6) is 0 Å². The van der Waals surface area contributed by atoms with E-state index in [0.29, 0.717) is 11.0 Å². The van der Waals surface area contributed by atoms with Crippen LogP contribution in [-0.4, -0.2) is 23.8 Å². The molecule has 5 nitrogen and oxygen atoms in total. The van der Waals surface area contributed by atoms with E-state index in [2.05, 4.69) is 15.4 Å². The average Bonchev–Trinajstić information content (AvgIpc) is 2.87. The lowest BCUT2D eigenvalue weighted by molar-refractivity contribution is 0.596. The molecule has 0 aliphatic heterocycles. The maximum Gasteiger partial charge on any atom is 0.206 e. The van der Waals surface area contributed by atoms with Gasteiger partial charge in [0.15, 0.2) is 0 Å². The Balaban J connectivity index is 2.19. The number of H-pyrrole nitrogens is 1. The Morgan fingerprint density at radius 1 is 0.833 bits per heavy atom. The predicted molar refractivity (Wildman–Crippen MR) is 65.8 cm³/mol.